The minimum Gasteiger partial charge on any atom is -0.497 e. The molecule has 0 amide bonds. The van der Waals surface area contributed by atoms with E-state index < -0.39 is 5.97 Å². The van der Waals surface area contributed by atoms with E-state index in [0.29, 0.717) is 17.9 Å². The molecule has 132 valence electrons. The highest BCUT2D eigenvalue weighted by molar-refractivity contribution is 5.89. The molecule has 25 heavy (non-hydrogen) atoms. The second kappa shape index (κ2) is 9.44. The lowest BCUT2D eigenvalue weighted by Gasteiger charge is -2.07. The number of ether oxygens (including phenoxy) is 4. The number of esters is 2. The van der Waals surface area contributed by atoms with Crippen molar-refractivity contribution in [2.75, 3.05) is 27.4 Å². The van der Waals surface area contributed by atoms with Crippen molar-refractivity contribution in [3.8, 4) is 11.5 Å². The molecular weight excluding hydrogens is 324 g/mol. The number of carbonyl (C=O) groups excluding carboxylic acids is 2. The maximum absolute atomic E-state index is 12.0. The van der Waals surface area contributed by atoms with Crippen LogP contribution in [0.4, 0.5) is 0 Å². The molecule has 2 rings (SSSR count). The SMILES string of the molecule is COCCOC(=O)c1ccc(OC(=O)Cc2ccc(OC)cc2)cc1. The molecule has 0 bridgehead atoms. The number of methoxy groups -OCH3 is 2. The van der Waals surface area contributed by atoms with Gasteiger partial charge in [-0.15, -0.1) is 0 Å². The van der Waals surface area contributed by atoms with Crippen LogP contribution in [0.5, 0.6) is 11.5 Å². The summed E-state index contributed by atoms with van der Waals surface area (Å²) < 4.78 is 20.2. The Morgan fingerprint density at radius 3 is 2.08 bits per heavy atom. The highest BCUT2D eigenvalue weighted by Gasteiger charge is 2.10. The van der Waals surface area contributed by atoms with E-state index in [1.54, 1.807) is 55.6 Å². The van der Waals surface area contributed by atoms with E-state index in [1.807, 2.05) is 0 Å². The zero-order chi connectivity index (χ0) is 18.1. The second-order valence-electron chi connectivity index (χ2n) is 5.15. The van der Waals surface area contributed by atoms with Gasteiger partial charge < -0.3 is 18.9 Å². The zero-order valence-corrected chi connectivity index (χ0v) is 14.2. The van der Waals surface area contributed by atoms with Gasteiger partial charge in [0.05, 0.1) is 25.7 Å². The molecule has 0 heterocycles. The predicted molar refractivity (Wildman–Crippen MR) is 90.9 cm³/mol. The summed E-state index contributed by atoms with van der Waals surface area (Å²) in [6, 6.07) is 13.4. The van der Waals surface area contributed by atoms with E-state index in [1.165, 1.54) is 7.11 Å². The molecule has 6 heteroatoms. The minimum atomic E-state index is -0.451. The number of carbonyl (C=O) groups is 2. The van der Waals surface area contributed by atoms with Crippen LogP contribution >= 0.6 is 0 Å². The molecule has 0 aliphatic carbocycles. The van der Waals surface area contributed by atoms with Gasteiger partial charge in [0.1, 0.15) is 18.1 Å². The Morgan fingerprint density at radius 1 is 0.840 bits per heavy atom. The van der Waals surface area contributed by atoms with Crippen LogP contribution in [0, 0.1) is 0 Å². The third kappa shape index (κ3) is 5.93. The van der Waals surface area contributed by atoms with Crippen molar-refractivity contribution in [1.82, 2.24) is 0 Å². The molecule has 0 spiro atoms. The number of rotatable bonds is 8. The third-order valence-electron chi connectivity index (χ3n) is 3.35. The maximum Gasteiger partial charge on any atom is 0.338 e. The number of hydrogen-bond donors (Lipinski definition) is 0. The van der Waals surface area contributed by atoms with E-state index in [0.717, 1.165) is 11.3 Å². The fourth-order valence-electron chi connectivity index (χ4n) is 2.04. The quantitative estimate of drug-likeness (QED) is 0.416. The molecular formula is C19H20O6. The topological polar surface area (TPSA) is 71.1 Å². The largest absolute Gasteiger partial charge is 0.497 e. The summed E-state index contributed by atoms with van der Waals surface area (Å²) in [5.74, 6) is 0.255. The summed E-state index contributed by atoms with van der Waals surface area (Å²) in [7, 11) is 3.11. The fourth-order valence-corrected chi connectivity index (χ4v) is 2.04. The molecule has 0 N–H and O–H groups in total. The Bertz CT molecular complexity index is 691. The van der Waals surface area contributed by atoms with Gasteiger partial charge in [-0.25, -0.2) is 4.79 Å². The Hall–Kier alpha value is -2.86. The van der Waals surface area contributed by atoms with Gasteiger partial charge in [-0.3, -0.25) is 4.79 Å². The molecule has 0 saturated carbocycles. The van der Waals surface area contributed by atoms with E-state index in [2.05, 4.69) is 0 Å². The first-order valence-corrected chi connectivity index (χ1v) is 7.72. The van der Waals surface area contributed by atoms with E-state index in [-0.39, 0.29) is 19.0 Å². The average Bonchev–Trinajstić information content (AvgIpc) is 2.63. The lowest BCUT2D eigenvalue weighted by Crippen LogP contribution is -2.12. The van der Waals surface area contributed by atoms with Crippen LogP contribution in [0.15, 0.2) is 48.5 Å². The van der Waals surface area contributed by atoms with E-state index in [9.17, 15) is 9.59 Å². The summed E-state index contributed by atoms with van der Waals surface area (Å²) >= 11 is 0. The summed E-state index contributed by atoms with van der Waals surface area (Å²) in [4.78, 5) is 23.7. The third-order valence-corrected chi connectivity index (χ3v) is 3.35. The summed E-state index contributed by atoms with van der Waals surface area (Å²) in [6.07, 6.45) is 0.144. The molecule has 2 aromatic carbocycles. The van der Waals surface area contributed by atoms with Crippen LogP contribution in [0.3, 0.4) is 0 Å². The van der Waals surface area contributed by atoms with Crippen LogP contribution < -0.4 is 9.47 Å². The molecule has 2 aromatic rings. The Morgan fingerprint density at radius 2 is 1.48 bits per heavy atom. The average molecular weight is 344 g/mol. The first kappa shape index (κ1) is 18.5. The van der Waals surface area contributed by atoms with Crippen molar-refractivity contribution in [3.05, 3.63) is 59.7 Å². The van der Waals surface area contributed by atoms with Gasteiger partial charge in [0.2, 0.25) is 0 Å². The van der Waals surface area contributed by atoms with Gasteiger partial charge >= 0.3 is 11.9 Å². The second-order valence-corrected chi connectivity index (χ2v) is 5.15. The van der Waals surface area contributed by atoms with Gasteiger partial charge in [-0.1, -0.05) is 12.1 Å². The van der Waals surface area contributed by atoms with Gasteiger partial charge in [-0.2, -0.15) is 0 Å². The highest BCUT2D eigenvalue weighted by Crippen LogP contribution is 2.15. The first-order valence-electron chi connectivity index (χ1n) is 7.72. The first-order chi connectivity index (χ1) is 12.1. The lowest BCUT2D eigenvalue weighted by atomic mass is 10.1. The predicted octanol–water partition coefficient (Wildman–Crippen LogP) is 2.65. The van der Waals surface area contributed by atoms with E-state index >= 15 is 0 Å². The van der Waals surface area contributed by atoms with Crippen LogP contribution in [0.25, 0.3) is 0 Å². The zero-order valence-electron chi connectivity index (χ0n) is 14.2. The minimum absolute atomic E-state index is 0.144. The molecule has 0 aliphatic heterocycles. The smallest absolute Gasteiger partial charge is 0.338 e. The monoisotopic (exact) mass is 344 g/mol. The number of benzene rings is 2. The van der Waals surface area contributed by atoms with Gasteiger partial charge in [0.15, 0.2) is 0 Å². The summed E-state index contributed by atoms with van der Waals surface area (Å²) in [5, 5.41) is 0. The van der Waals surface area contributed by atoms with Crippen molar-refractivity contribution < 1.29 is 28.5 Å². The molecule has 0 atom stereocenters. The fraction of sp³-hybridized carbons (Fsp3) is 0.263. The molecule has 0 aliphatic rings. The van der Waals surface area contributed by atoms with Gasteiger partial charge in [0, 0.05) is 7.11 Å². The number of hydrogen-bond acceptors (Lipinski definition) is 6. The Kier molecular flexibility index (Phi) is 6.98. The molecule has 0 saturated heterocycles. The van der Waals surface area contributed by atoms with Crippen molar-refractivity contribution in [2.24, 2.45) is 0 Å². The van der Waals surface area contributed by atoms with Crippen molar-refractivity contribution >= 4 is 11.9 Å². The van der Waals surface area contributed by atoms with E-state index in [4.69, 9.17) is 18.9 Å². The summed E-state index contributed by atoms with van der Waals surface area (Å²) in [5.41, 5.74) is 1.20. The Labute approximate surface area is 146 Å². The van der Waals surface area contributed by atoms with Crippen molar-refractivity contribution in [3.63, 3.8) is 0 Å². The van der Waals surface area contributed by atoms with Gasteiger partial charge in [0.25, 0.3) is 0 Å². The Balaban J connectivity index is 1.87. The molecule has 0 fully saturated rings. The maximum atomic E-state index is 12.0. The molecule has 0 radical (unpaired) electrons. The molecule has 0 unspecified atom stereocenters. The molecule has 0 aromatic heterocycles. The van der Waals surface area contributed by atoms with Crippen LogP contribution in [0.2, 0.25) is 0 Å². The van der Waals surface area contributed by atoms with Crippen molar-refractivity contribution in [1.29, 1.82) is 0 Å². The standard InChI is InChI=1S/C19H20O6/c1-22-11-12-24-19(21)15-5-9-17(10-6-15)25-18(20)13-14-3-7-16(23-2)8-4-14/h3-10H,11-13H2,1-2H3. The molecule has 6 nitrogen and oxygen atoms in total. The van der Waals surface area contributed by atoms with Crippen LogP contribution in [-0.2, 0) is 20.7 Å². The lowest BCUT2D eigenvalue weighted by molar-refractivity contribution is -0.133. The van der Waals surface area contributed by atoms with Crippen LogP contribution in [0.1, 0.15) is 15.9 Å². The normalized spacial score (nSPS) is 10.2. The summed E-state index contributed by atoms with van der Waals surface area (Å²) in [6.45, 7) is 0.529. The van der Waals surface area contributed by atoms with Crippen LogP contribution in [-0.4, -0.2) is 39.4 Å². The van der Waals surface area contributed by atoms with Crippen molar-refractivity contribution in [2.45, 2.75) is 6.42 Å². The highest BCUT2D eigenvalue weighted by atomic mass is 16.6. The van der Waals surface area contributed by atoms with Gasteiger partial charge in [-0.05, 0) is 42.0 Å².